The predicted molar refractivity (Wildman–Crippen MR) is 135 cm³/mol. The van der Waals surface area contributed by atoms with Gasteiger partial charge < -0.3 is 29.9 Å². The zero-order valence-electron chi connectivity index (χ0n) is 21.5. The SMILES string of the molecule is C[C@H]1C(=O)N2[C@@H](CCC(=O)N3CCC4(CC4)[C@H](O)C3)COC[C@H]2CN1C(=O)Nc1ccc(C(F)(F)F)c(Cl)c1. The van der Waals surface area contributed by atoms with Crippen molar-refractivity contribution >= 4 is 35.1 Å². The molecule has 3 saturated heterocycles. The van der Waals surface area contributed by atoms with E-state index in [0.717, 1.165) is 37.5 Å². The molecule has 13 heteroatoms. The van der Waals surface area contributed by atoms with E-state index in [0.29, 0.717) is 19.5 Å². The average Bonchev–Trinajstić information content (AvgIpc) is 3.66. The number of aliphatic hydroxyl groups excluding tert-OH is 1. The first-order valence-electron chi connectivity index (χ1n) is 13.2. The van der Waals surface area contributed by atoms with Crippen LogP contribution in [0.2, 0.25) is 5.02 Å². The van der Waals surface area contributed by atoms with E-state index in [4.69, 9.17) is 16.3 Å². The number of nitrogens with zero attached hydrogens (tertiary/aromatic N) is 3. The number of nitrogens with one attached hydrogen (secondary N) is 1. The quantitative estimate of drug-likeness (QED) is 0.576. The maximum absolute atomic E-state index is 13.4. The lowest BCUT2D eigenvalue weighted by Gasteiger charge is -2.50. The van der Waals surface area contributed by atoms with Crippen LogP contribution in [0.25, 0.3) is 0 Å². The number of urea groups is 1. The highest BCUT2D eigenvalue weighted by atomic mass is 35.5. The van der Waals surface area contributed by atoms with Crippen LogP contribution >= 0.6 is 11.6 Å². The highest BCUT2D eigenvalue weighted by Gasteiger charge is 2.52. The van der Waals surface area contributed by atoms with Gasteiger partial charge >= 0.3 is 12.2 Å². The van der Waals surface area contributed by atoms with Gasteiger partial charge in [0, 0.05) is 31.7 Å². The summed E-state index contributed by atoms with van der Waals surface area (Å²) in [6.07, 6.45) is -1.64. The van der Waals surface area contributed by atoms with E-state index in [1.54, 1.807) is 16.7 Å². The number of piperazine rings is 1. The van der Waals surface area contributed by atoms with Gasteiger partial charge in [-0.3, -0.25) is 9.59 Å². The highest BCUT2D eigenvalue weighted by molar-refractivity contribution is 6.31. The summed E-state index contributed by atoms with van der Waals surface area (Å²) in [4.78, 5) is 44.0. The summed E-state index contributed by atoms with van der Waals surface area (Å²) >= 11 is 5.76. The van der Waals surface area contributed by atoms with Crippen LogP contribution in [0, 0.1) is 5.41 Å². The van der Waals surface area contributed by atoms with Crippen LogP contribution in [0.3, 0.4) is 0 Å². The van der Waals surface area contributed by atoms with Crippen molar-refractivity contribution < 1.29 is 37.4 Å². The molecule has 5 rings (SSSR count). The topological polar surface area (TPSA) is 102 Å². The molecule has 3 aliphatic heterocycles. The monoisotopic (exact) mass is 572 g/mol. The summed E-state index contributed by atoms with van der Waals surface area (Å²) in [6.45, 7) is 3.24. The maximum Gasteiger partial charge on any atom is 0.417 e. The predicted octanol–water partition coefficient (Wildman–Crippen LogP) is 3.34. The zero-order chi connectivity index (χ0) is 28.1. The van der Waals surface area contributed by atoms with Crippen LogP contribution in [0.4, 0.5) is 23.7 Å². The second kappa shape index (κ2) is 10.4. The summed E-state index contributed by atoms with van der Waals surface area (Å²) in [7, 11) is 0. The first-order chi connectivity index (χ1) is 18.4. The van der Waals surface area contributed by atoms with Gasteiger partial charge in [0.25, 0.3) is 0 Å². The first-order valence-corrected chi connectivity index (χ1v) is 13.6. The van der Waals surface area contributed by atoms with Crippen molar-refractivity contribution in [2.24, 2.45) is 5.41 Å². The third-order valence-electron chi connectivity index (χ3n) is 8.60. The van der Waals surface area contributed by atoms with Crippen LogP contribution in [0.5, 0.6) is 0 Å². The largest absolute Gasteiger partial charge is 0.417 e. The molecule has 1 aromatic rings. The summed E-state index contributed by atoms with van der Waals surface area (Å²) < 4.78 is 44.7. The molecular formula is C26H32ClF3N4O5. The van der Waals surface area contributed by atoms with E-state index in [2.05, 4.69) is 5.32 Å². The average molecular weight is 573 g/mol. The Kier molecular flexibility index (Phi) is 7.49. The number of amides is 4. The molecule has 0 radical (unpaired) electrons. The Bertz CT molecular complexity index is 1150. The fourth-order valence-electron chi connectivity index (χ4n) is 5.97. The van der Waals surface area contributed by atoms with Crippen molar-refractivity contribution in [3.63, 3.8) is 0 Å². The Hall–Kier alpha value is -2.57. The molecule has 4 aliphatic rings. The maximum atomic E-state index is 13.4. The fourth-order valence-corrected chi connectivity index (χ4v) is 6.26. The normalized spacial score (nSPS) is 28.4. The lowest BCUT2D eigenvalue weighted by Crippen LogP contribution is -2.68. The Balaban J connectivity index is 1.19. The number of aliphatic hydroxyl groups is 1. The number of carbonyl (C=O) groups excluding carboxylic acids is 3. The Labute approximate surface area is 229 Å². The van der Waals surface area contributed by atoms with E-state index >= 15 is 0 Å². The number of halogens is 4. The number of anilines is 1. The molecule has 214 valence electrons. The minimum atomic E-state index is -4.62. The second-order valence-electron chi connectivity index (χ2n) is 11.0. The number of β-amino-alcohol motifs (C(OH)–C–C–N with tert-alkyl or cyclic N) is 1. The number of morpholine rings is 1. The molecular weight excluding hydrogens is 541 g/mol. The lowest BCUT2D eigenvalue weighted by molar-refractivity contribution is -0.160. The molecule has 1 saturated carbocycles. The first kappa shape index (κ1) is 28.0. The summed E-state index contributed by atoms with van der Waals surface area (Å²) in [5.74, 6) is -0.336. The highest BCUT2D eigenvalue weighted by Crippen LogP contribution is 2.53. The van der Waals surface area contributed by atoms with Crippen molar-refractivity contribution in [2.75, 3.05) is 38.2 Å². The molecule has 4 fully saturated rings. The lowest BCUT2D eigenvalue weighted by atomic mass is 9.90. The minimum absolute atomic E-state index is 0.00845. The summed E-state index contributed by atoms with van der Waals surface area (Å²) in [5.41, 5.74) is -0.924. The number of carbonyl (C=O) groups is 3. The number of piperidine rings is 1. The van der Waals surface area contributed by atoms with E-state index in [9.17, 15) is 32.7 Å². The Morgan fingerprint density at radius 1 is 1.21 bits per heavy atom. The minimum Gasteiger partial charge on any atom is -0.391 e. The van der Waals surface area contributed by atoms with Gasteiger partial charge in [0.1, 0.15) is 6.04 Å². The second-order valence-corrected chi connectivity index (χ2v) is 11.5. The number of alkyl halides is 3. The Morgan fingerprint density at radius 3 is 2.59 bits per heavy atom. The summed E-state index contributed by atoms with van der Waals surface area (Å²) in [5, 5.41) is 12.4. The number of hydrogen-bond acceptors (Lipinski definition) is 5. The van der Waals surface area contributed by atoms with Gasteiger partial charge in [0.05, 0.1) is 42.0 Å². The number of likely N-dealkylation sites (tertiary alicyclic amines) is 1. The molecule has 3 heterocycles. The Morgan fingerprint density at radius 2 is 1.95 bits per heavy atom. The molecule has 9 nitrogen and oxygen atoms in total. The summed E-state index contributed by atoms with van der Waals surface area (Å²) in [6, 6.07) is 0.711. The molecule has 0 unspecified atom stereocenters. The van der Waals surface area contributed by atoms with Crippen molar-refractivity contribution in [3.8, 4) is 0 Å². The molecule has 4 amide bonds. The number of ether oxygens (including phenoxy) is 1. The molecule has 1 aliphatic carbocycles. The molecule has 4 atom stereocenters. The third-order valence-corrected chi connectivity index (χ3v) is 8.91. The van der Waals surface area contributed by atoms with Gasteiger partial charge in [-0.05, 0) is 56.2 Å². The van der Waals surface area contributed by atoms with Crippen molar-refractivity contribution in [2.45, 2.75) is 69.4 Å². The van der Waals surface area contributed by atoms with Gasteiger partial charge in [-0.1, -0.05) is 11.6 Å². The third kappa shape index (κ3) is 5.55. The fraction of sp³-hybridized carbons (Fsp3) is 0.654. The van der Waals surface area contributed by atoms with Crippen LogP contribution in [-0.4, -0.2) is 94.7 Å². The molecule has 0 aromatic heterocycles. The van der Waals surface area contributed by atoms with E-state index in [1.807, 2.05) is 0 Å². The molecule has 1 aromatic carbocycles. The van der Waals surface area contributed by atoms with Gasteiger partial charge in [-0.15, -0.1) is 0 Å². The number of rotatable bonds is 4. The van der Waals surface area contributed by atoms with E-state index in [1.165, 1.54) is 4.90 Å². The molecule has 39 heavy (non-hydrogen) atoms. The van der Waals surface area contributed by atoms with Crippen LogP contribution in [0.1, 0.15) is 44.6 Å². The van der Waals surface area contributed by atoms with Crippen LogP contribution < -0.4 is 5.32 Å². The zero-order valence-corrected chi connectivity index (χ0v) is 22.3. The van der Waals surface area contributed by atoms with Gasteiger partial charge in [0.2, 0.25) is 11.8 Å². The van der Waals surface area contributed by atoms with Crippen LogP contribution in [-0.2, 0) is 20.5 Å². The van der Waals surface area contributed by atoms with Crippen molar-refractivity contribution in [1.29, 1.82) is 0 Å². The van der Waals surface area contributed by atoms with Gasteiger partial charge in [-0.2, -0.15) is 13.2 Å². The number of fused-ring (bicyclic) bond motifs is 1. The number of benzene rings is 1. The van der Waals surface area contributed by atoms with Crippen LogP contribution in [0.15, 0.2) is 18.2 Å². The molecule has 0 bridgehead atoms. The standard InChI is InChI=1S/C26H32ClF3N4O5/c1-15-23(37)34-17(3-5-22(36)32-9-8-25(6-7-25)21(35)12-32)13-39-14-18(34)11-33(15)24(38)31-16-2-4-19(20(27)10-16)26(28,29)30/h2,4,10,15,17-18,21,35H,3,5-9,11-14H2,1H3,(H,31,38)/t15-,17-,18+,21+/m0/s1. The molecule has 1 spiro atoms. The van der Waals surface area contributed by atoms with Gasteiger partial charge in [-0.25, -0.2) is 4.79 Å². The van der Waals surface area contributed by atoms with Gasteiger partial charge in [0.15, 0.2) is 0 Å². The smallest absolute Gasteiger partial charge is 0.391 e. The van der Waals surface area contributed by atoms with Crippen molar-refractivity contribution in [1.82, 2.24) is 14.7 Å². The number of hydrogen-bond donors (Lipinski definition) is 2. The van der Waals surface area contributed by atoms with Crippen molar-refractivity contribution in [3.05, 3.63) is 28.8 Å². The molecule has 2 N–H and O–H groups in total. The van der Waals surface area contributed by atoms with E-state index in [-0.39, 0.29) is 55.1 Å². The van der Waals surface area contributed by atoms with E-state index < -0.39 is 41.0 Å².